The molecule has 2 aromatic rings. The standard InChI is InChI=1S/C18H16F3NO/c1-2-22(11-18(19,20)21)17(23)16-14-9-5-3-7-12(14)13-8-4-6-10-15(13)16/h3-10,16H,2,11H2,1H3. The molecule has 3 rings (SSSR count). The first-order chi connectivity index (χ1) is 10.9. The minimum Gasteiger partial charge on any atom is -0.333 e. The number of halogens is 3. The molecule has 23 heavy (non-hydrogen) atoms. The lowest BCUT2D eigenvalue weighted by atomic mass is 9.95. The van der Waals surface area contributed by atoms with E-state index in [4.69, 9.17) is 0 Å². The van der Waals surface area contributed by atoms with Crippen molar-refractivity contribution in [3.63, 3.8) is 0 Å². The Balaban J connectivity index is 2.03. The number of benzene rings is 2. The molecule has 0 saturated heterocycles. The average molecular weight is 319 g/mol. The topological polar surface area (TPSA) is 20.3 Å². The molecule has 0 aliphatic heterocycles. The highest BCUT2D eigenvalue weighted by molar-refractivity contribution is 5.96. The number of nitrogens with zero attached hydrogens (tertiary/aromatic N) is 1. The number of hydrogen-bond acceptors (Lipinski definition) is 1. The van der Waals surface area contributed by atoms with Crippen LogP contribution in [0.25, 0.3) is 11.1 Å². The van der Waals surface area contributed by atoms with Gasteiger partial charge >= 0.3 is 6.18 Å². The molecule has 5 heteroatoms. The van der Waals surface area contributed by atoms with Crippen molar-refractivity contribution in [1.29, 1.82) is 0 Å². The summed E-state index contributed by atoms with van der Waals surface area (Å²) in [7, 11) is 0. The van der Waals surface area contributed by atoms with E-state index in [1.165, 1.54) is 0 Å². The Morgan fingerprint density at radius 1 is 1.00 bits per heavy atom. The summed E-state index contributed by atoms with van der Waals surface area (Å²) in [6, 6.07) is 14.8. The van der Waals surface area contributed by atoms with E-state index in [9.17, 15) is 18.0 Å². The van der Waals surface area contributed by atoms with Gasteiger partial charge in [0.25, 0.3) is 0 Å². The van der Waals surface area contributed by atoms with Gasteiger partial charge in [0.05, 0.1) is 5.92 Å². The second kappa shape index (κ2) is 5.72. The maximum atomic E-state index is 12.8. The van der Waals surface area contributed by atoms with Crippen molar-refractivity contribution in [2.75, 3.05) is 13.1 Å². The summed E-state index contributed by atoms with van der Waals surface area (Å²) in [5.74, 6) is -1.16. The second-order valence-corrected chi connectivity index (χ2v) is 5.58. The quantitative estimate of drug-likeness (QED) is 0.830. The molecule has 2 nitrogen and oxygen atoms in total. The molecule has 120 valence electrons. The summed E-state index contributed by atoms with van der Waals surface area (Å²) in [5, 5.41) is 0. The smallest absolute Gasteiger partial charge is 0.333 e. The van der Waals surface area contributed by atoms with E-state index >= 15 is 0 Å². The van der Waals surface area contributed by atoms with Crippen LogP contribution in [-0.4, -0.2) is 30.1 Å². The first-order valence-corrected chi connectivity index (χ1v) is 7.46. The number of carbonyl (C=O) groups excluding carboxylic acids is 1. The van der Waals surface area contributed by atoms with Crippen molar-refractivity contribution in [3.8, 4) is 11.1 Å². The zero-order valence-electron chi connectivity index (χ0n) is 12.6. The lowest BCUT2D eigenvalue weighted by molar-refractivity contribution is -0.161. The van der Waals surface area contributed by atoms with Crippen molar-refractivity contribution >= 4 is 5.91 Å². The number of amides is 1. The molecule has 0 saturated carbocycles. The summed E-state index contributed by atoms with van der Waals surface area (Å²) in [6.45, 7) is 0.374. The predicted molar refractivity (Wildman–Crippen MR) is 82.0 cm³/mol. The van der Waals surface area contributed by atoms with Gasteiger partial charge in [0.2, 0.25) is 5.91 Å². The minimum atomic E-state index is -4.40. The fourth-order valence-corrected chi connectivity index (χ4v) is 3.17. The van der Waals surface area contributed by atoms with Crippen LogP contribution in [0.15, 0.2) is 48.5 Å². The van der Waals surface area contributed by atoms with E-state index in [-0.39, 0.29) is 6.54 Å². The van der Waals surface area contributed by atoms with Gasteiger partial charge < -0.3 is 4.90 Å². The van der Waals surface area contributed by atoms with E-state index in [0.29, 0.717) is 0 Å². The Hall–Kier alpha value is -2.30. The van der Waals surface area contributed by atoms with Crippen LogP contribution in [0.5, 0.6) is 0 Å². The number of carbonyl (C=O) groups is 1. The SMILES string of the molecule is CCN(CC(F)(F)F)C(=O)C1c2ccccc2-c2ccccc21. The normalized spacial score (nSPS) is 13.6. The Morgan fingerprint density at radius 3 is 1.91 bits per heavy atom. The third-order valence-corrected chi connectivity index (χ3v) is 4.14. The van der Waals surface area contributed by atoms with Gasteiger partial charge in [0.15, 0.2) is 0 Å². The Bertz CT molecular complexity index is 694. The molecular formula is C18H16F3NO. The van der Waals surface area contributed by atoms with Crippen LogP contribution in [0.1, 0.15) is 24.0 Å². The largest absolute Gasteiger partial charge is 0.406 e. The van der Waals surface area contributed by atoms with Crippen LogP contribution in [0.2, 0.25) is 0 Å². The van der Waals surface area contributed by atoms with Crippen LogP contribution in [0.4, 0.5) is 13.2 Å². The zero-order valence-corrected chi connectivity index (χ0v) is 12.6. The van der Waals surface area contributed by atoms with Gasteiger partial charge in [-0.3, -0.25) is 4.79 Å². The Labute approximate surface area is 132 Å². The maximum absolute atomic E-state index is 12.8. The highest BCUT2D eigenvalue weighted by Crippen LogP contribution is 2.45. The number of alkyl halides is 3. The molecule has 1 aliphatic rings. The number of likely N-dealkylation sites (N-methyl/N-ethyl adjacent to an activating group) is 1. The number of fused-ring (bicyclic) bond motifs is 3. The van der Waals surface area contributed by atoms with E-state index in [2.05, 4.69) is 0 Å². The van der Waals surface area contributed by atoms with Gasteiger partial charge in [-0.2, -0.15) is 13.2 Å². The first kappa shape index (κ1) is 15.6. The molecule has 0 unspecified atom stereocenters. The van der Waals surface area contributed by atoms with E-state index < -0.39 is 24.5 Å². The van der Waals surface area contributed by atoms with Crippen molar-refractivity contribution in [3.05, 3.63) is 59.7 Å². The maximum Gasteiger partial charge on any atom is 0.406 e. The Kier molecular flexibility index (Phi) is 3.88. The van der Waals surface area contributed by atoms with Gasteiger partial charge in [-0.1, -0.05) is 48.5 Å². The molecule has 0 atom stereocenters. The molecular weight excluding hydrogens is 303 g/mol. The van der Waals surface area contributed by atoms with E-state index in [1.54, 1.807) is 6.92 Å². The summed E-state index contributed by atoms with van der Waals surface area (Å²) < 4.78 is 38.2. The molecule has 0 radical (unpaired) electrons. The van der Waals surface area contributed by atoms with Gasteiger partial charge in [-0.25, -0.2) is 0 Å². The fraction of sp³-hybridized carbons (Fsp3) is 0.278. The summed E-state index contributed by atoms with van der Waals surface area (Å²) in [5.41, 5.74) is 3.40. The predicted octanol–water partition coefficient (Wildman–Crippen LogP) is 4.21. The van der Waals surface area contributed by atoms with Crippen LogP contribution in [0.3, 0.4) is 0 Å². The van der Waals surface area contributed by atoms with Crippen LogP contribution in [0, 0.1) is 0 Å². The molecule has 1 aliphatic carbocycles. The van der Waals surface area contributed by atoms with Gasteiger partial charge in [-0.05, 0) is 29.2 Å². The third kappa shape index (κ3) is 2.83. The molecule has 0 aromatic heterocycles. The van der Waals surface area contributed by atoms with Crippen LogP contribution in [-0.2, 0) is 4.79 Å². The molecule has 2 aromatic carbocycles. The van der Waals surface area contributed by atoms with E-state index in [0.717, 1.165) is 27.2 Å². The summed E-state index contributed by atoms with van der Waals surface area (Å²) in [4.78, 5) is 13.7. The lowest BCUT2D eigenvalue weighted by Crippen LogP contribution is -2.41. The number of rotatable bonds is 3. The third-order valence-electron chi connectivity index (χ3n) is 4.14. The highest BCUT2D eigenvalue weighted by Gasteiger charge is 2.39. The van der Waals surface area contributed by atoms with Crippen molar-refractivity contribution < 1.29 is 18.0 Å². The first-order valence-electron chi connectivity index (χ1n) is 7.46. The molecule has 0 fully saturated rings. The molecule has 1 amide bonds. The van der Waals surface area contributed by atoms with Gasteiger partial charge in [0, 0.05) is 6.54 Å². The summed E-state index contributed by atoms with van der Waals surface area (Å²) >= 11 is 0. The molecule has 0 spiro atoms. The minimum absolute atomic E-state index is 0.0270. The molecule has 0 N–H and O–H groups in total. The Morgan fingerprint density at radius 2 is 1.48 bits per heavy atom. The van der Waals surface area contributed by atoms with Crippen molar-refractivity contribution in [2.45, 2.75) is 19.0 Å². The van der Waals surface area contributed by atoms with Gasteiger partial charge in [0.1, 0.15) is 6.54 Å². The fourth-order valence-electron chi connectivity index (χ4n) is 3.17. The van der Waals surface area contributed by atoms with Gasteiger partial charge in [-0.15, -0.1) is 0 Å². The lowest BCUT2D eigenvalue weighted by Gasteiger charge is -2.26. The van der Waals surface area contributed by atoms with Crippen LogP contribution < -0.4 is 0 Å². The number of hydrogen-bond donors (Lipinski definition) is 0. The van der Waals surface area contributed by atoms with Crippen molar-refractivity contribution in [2.24, 2.45) is 0 Å². The van der Waals surface area contributed by atoms with Crippen LogP contribution >= 0.6 is 0 Å². The van der Waals surface area contributed by atoms with Crippen molar-refractivity contribution in [1.82, 2.24) is 4.90 Å². The molecule has 0 heterocycles. The van der Waals surface area contributed by atoms with E-state index in [1.807, 2.05) is 48.5 Å². The second-order valence-electron chi connectivity index (χ2n) is 5.58. The highest BCUT2D eigenvalue weighted by atomic mass is 19.4. The summed E-state index contributed by atoms with van der Waals surface area (Å²) in [6.07, 6.45) is -4.40. The molecule has 0 bridgehead atoms. The average Bonchev–Trinajstić information content (AvgIpc) is 2.86. The monoisotopic (exact) mass is 319 g/mol. The zero-order chi connectivity index (χ0) is 16.6.